The minimum atomic E-state index is -0.993. The van der Waals surface area contributed by atoms with Gasteiger partial charge in [0.15, 0.2) is 0 Å². The SMILES string of the molecule is CC(O)(CNC(=O)CCc1cccs1)c1cccs1. The van der Waals surface area contributed by atoms with E-state index in [-0.39, 0.29) is 12.5 Å². The van der Waals surface area contributed by atoms with Crippen LogP contribution in [0.4, 0.5) is 0 Å². The summed E-state index contributed by atoms with van der Waals surface area (Å²) in [4.78, 5) is 13.8. The topological polar surface area (TPSA) is 49.3 Å². The molecule has 0 aliphatic rings. The number of rotatable bonds is 6. The second kappa shape index (κ2) is 6.32. The van der Waals surface area contributed by atoms with Gasteiger partial charge in [-0.25, -0.2) is 0 Å². The van der Waals surface area contributed by atoms with Crippen molar-refractivity contribution in [3.05, 3.63) is 44.8 Å². The van der Waals surface area contributed by atoms with Gasteiger partial charge < -0.3 is 10.4 Å². The number of nitrogens with one attached hydrogen (secondary N) is 1. The molecule has 0 saturated heterocycles. The van der Waals surface area contributed by atoms with Crippen LogP contribution in [-0.2, 0) is 16.8 Å². The van der Waals surface area contributed by atoms with E-state index in [0.717, 1.165) is 11.3 Å². The van der Waals surface area contributed by atoms with E-state index in [1.807, 2.05) is 35.0 Å². The molecule has 0 fully saturated rings. The minimum Gasteiger partial charge on any atom is -0.383 e. The molecule has 1 atom stereocenters. The normalized spacial score (nSPS) is 14.0. The first-order valence-corrected chi connectivity index (χ1v) is 7.89. The lowest BCUT2D eigenvalue weighted by atomic mass is 10.1. The van der Waals surface area contributed by atoms with Crippen molar-refractivity contribution in [2.45, 2.75) is 25.4 Å². The fourth-order valence-corrected chi connectivity index (χ4v) is 3.22. The van der Waals surface area contributed by atoms with Gasteiger partial charge in [-0.3, -0.25) is 4.79 Å². The molecular weight excluding hydrogens is 278 g/mol. The summed E-state index contributed by atoms with van der Waals surface area (Å²) in [6.45, 7) is 1.97. The molecule has 2 heterocycles. The quantitative estimate of drug-likeness (QED) is 0.861. The van der Waals surface area contributed by atoms with Gasteiger partial charge in [0.25, 0.3) is 0 Å². The maximum Gasteiger partial charge on any atom is 0.220 e. The van der Waals surface area contributed by atoms with E-state index in [4.69, 9.17) is 0 Å². The van der Waals surface area contributed by atoms with Crippen molar-refractivity contribution >= 4 is 28.6 Å². The van der Waals surface area contributed by atoms with Crippen LogP contribution in [0.1, 0.15) is 23.1 Å². The molecule has 102 valence electrons. The van der Waals surface area contributed by atoms with Crippen molar-refractivity contribution in [3.8, 4) is 0 Å². The number of hydrogen-bond acceptors (Lipinski definition) is 4. The van der Waals surface area contributed by atoms with Gasteiger partial charge in [0.1, 0.15) is 5.60 Å². The Morgan fingerprint density at radius 1 is 1.32 bits per heavy atom. The Balaban J connectivity index is 1.77. The molecule has 0 aromatic carbocycles. The molecule has 0 bridgehead atoms. The van der Waals surface area contributed by atoms with Crippen LogP contribution in [0, 0.1) is 0 Å². The van der Waals surface area contributed by atoms with Gasteiger partial charge in [-0.05, 0) is 36.2 Å². The Kier molecular flexibility index (Phi) is 4.74. The van der Waals surface area contributed by atoms with Crippen LogP contribution in [0.2, 0.25) is 0 Å². The van der Waals surface area contributed by atoms with Crippen molar-refractivity contribution in [1.29, 1.82) is 0 Å². The first kappa shape index (κ1) is 14.2. The fraction of sp³-hybridized carbons (Fsp3) is 0.357. The van der Waals surface area contributed by atoms with Gasteiger partial charge in [0, 0.05) is 16.2 Å². The van der Waals surface area contributed by atoms with Gasteiger partial charge in [-0.2, -0.15) is 0 Å². The molecule has 2 aromatic heterocycles. The van der Waals surface area contributed by atoms with Crippen molar-refractivity contribution in [1.82, 2.24) is 5.32 Å². The molecular formula is C14H17NO2S2. The number of aryl methyl sites for hydroxylation is 1. The van der Waals surface area contributed by atoms with E-state index >= 15 is 0 Å². The van der Waals surface area contributed by atoms with Crippen LogP contribution >= 0.6 is 22.7 Å². The van der Waals surface area contributed by atoms with E-state index in [0.29, 0.717) is 6.42 Å². The predicted molar refractivity (Wildman–Crippen MR) is 79.5 cm³/mol. The first-order valence-electron chi connectivity index (χ1n) is 6.13. The van der Waals surface area contributed by atoms with Gasteiger partial charge >= 0.3 is 0 Å². The molecule has 3 nitrogen and oxygen atoms in total. The summed E-state index contributed by atoms with van der Waals surface area (Å²) in [5.74, 6) is -0.0229. The summed E-state index contributed by atoms with van der Waals surface area (Å²) >= 11 is 3.15. The van der Waals surface area contributed by atoms with Crippen LogP contribution in [0.25, 0.3) is 0 Å². The zero-order valence-electron chi connectivity index (χ0n) is 10.8. The zero-order chi connectivity index (χ0) is 13.7. The van der Waals surface area contributed by atoms with Crippen LogP contribution in [0.3, 0.4) is 0 Å². The molecule has 1 unspecified atom stereocenters. The third kappa shape index (κ3) is 4.16. The highest BCUT2D eigenvalue weighted by Gasteiger charge is 2.24. The molecule has 0 saturated carbocycles. The van der Waals surface area contributed by atoms with Crippen LogP contribution in [-0.4, -0.2) is 17.6 Å². The number of carbonyl (C=O) groups excluding carboxylic acids is 1. The van der Waals surface area contributed by atoms with Gasteiger partial charge in [-0.1, -0.05) is 12.1 Å². The minimum absolute atomic E-state index is 0.0229. The number of aliphatic hydroxyl groups is 1. The second-order valence-corrected chi connectivity index (χ2v) is 6.59. The highest BCUT2D eigenvalue weighted by atomic mass is 32.1. The fourth-order valence-electron chi connectivity index (χ4n) is 1.72. The average Bonchev–Trinajstić information content (AvgIpc) is 3.06. The summed E-state index contributed by atoms with van der Waals surface area (Å²) in [7, 11) is 0. The van der Waals surface area contributed by atoms with Crippen LogP contribution < -0.4 is 5.32 Å². The second-order valence-electron chi connectivity index (χ2n) is 4.61. The monoisotopic (exact) mass is 295 g/mol. The van der Waals surface area contributed by atoms with Gasteiger partial charge in [0.2, 0.25) is 5.91 Å². The van der Waals surface area contributed by atoms with Gasteiger partial charge in [0.05, 0.1) is 6.54 Å². The highest BCUT2D eigenvalue weighted by molar-refractivity contribution is 7.10. The average molecular weight is 295 g/mol. The number of thiophene rings is 2. The summed E-state index contributed by atoms with van der Waals surface area (Å²) in [6.07, 6.45) is 1.21. The van der Waals surface area contributed by atoms with Gasteiger partial charge in [-0.15, -0.1) is 22.7 Å². The standard InChI is InChI=1S/C14H17NO2S2/c1-14(17,12-5-3-9-19-12)10-15-13(16)7-6-11-4-2-8-18-11/h2-5,8-9,17H,6-7,10H2,1H3,(H,15,16). The van der Waals surface area contributed by atoms with E-state index in [9.17, 15) is 9.90 Å². The lowest BCUT2D eigenvalue weighted by molar-refractivity contribution is -0.122. The molecule has 0 spiro atoms. The Hall–Kier alpha value is -1.17. The van der Waals surface area contributed by atoms with E-state index in [1.165, 1.54) is 16.2 Å². The Bertz CT molecular complexity index is 504. The lowest BCUT2D eigenvalue weighted by Crippen LogP contribution is -2.38. The largest absolute Gasteiger partial charge is 0.383 e. The Labute approximate surface area is 120 Å². The number of hydrogen-bond donors (Lipinski definition) is 2. The molecule has 2 rings (SSSR count). The van der Waals surface area contributed by atoms with Crippen LogP contribution in [0.5, 0.6) is 0 Å². The van der Waals surface area contributed by atoms with Crippen molar-refractivity contribution in [2.75, 3.05) is 6.54 Å². The summed E-state index contributed by atoms with van der Waals surface area (Å²) in [5, 5.41) is 17.0. The maximum atomic E-state index is 11.7. The van der Waals surface area contributed by atoms with E-state index in [1.54, 1.807) is 18.3 Å². The highest BCUT2D eigenvalue weighted by Crippen LogP contribution is 2.24. The summed E-state index contributed by atoms with van der Waals surface area (Å²) in [5.41, 5.74) is -0.993. The molecule has 2 N–H and O–H groups in total. The Morgan fingerprint density at radius 3 is 2.68 bits per heavy atom. The van der Waals surface area contributed by atoms with Crippen LogP contribution in [0.15, 0.2) is 35.0 Å². The predicted octanol–water partition coefficient (Wildman–Crippen LogP) is 2.77. The third-order valence-corrected chi connectivity index (χ3v) is 4.92. The van der Waals surface area contributed by atoms with E-state index in [2.05, 4.69) is 5.32 Å². The summed E-state index contributed by atoms with van der Waals surface area (Å²) < 4.78 is 0. The van der Waals surface area contributed by atoms with E-state index < -0.39 is 5.60 Å². The summed E-state index contributed by atoms with van der Waals surface area (Å²) in [6, 6.07) is 7.79. The maximum absolute atomic E-state index is 11.7. The molecule has 5 heteroatoms. The molecule has 0 radical (unpaired) electrons. The number of carbonyl (C=O) groups is 1. The molecule has 19 heavy (non-hydrogen) atoms. The smallest absolute Gasteiger partial charge is 0.220 e. The number of amides is 1. The lowest BCUT2D eigenvalue weighted by Gasteiger charge is -2.22. The third-order valence-electron chi connectivity index (χ3n) is 2.86. The molecule has 2 aromatic rings. The first-order chi connectivity index (χ1) is 9.08. The van der Waals surface area contributed by atoms with Crippen molar-refractivity contribution in [3.63, 3.8) is 0 Å². The Morgan fingerprint density at radius 2 is 2.05 bits per heavy atom. The van der Waals surface area contributed by atoms with Crippen molar-refractivity contribution < 1.29 is 9.90 Å². The molecule has 0 aliphatic carbocycles. The molecule has 1 amide bonds. The molecule has 0 aliphatic heterocycles. The van der Waals surface area contributed by atoms with Crippen molar-refractivity contribution in [2.24, 2.45) is 0 Å². The zero-order valence-corrected chi connectivity index (χ0v) is 12.4.